The lowest BCUT2D eigenvalue weighted by molar-refractivity contribution is 0.0322. The van der Waals surface area contributed by atoms with Crippen LogP contribution in [0.25, 0.3) is 10.9 Å². The predicted octanol–water partition coefficient (Wildman–Crippen LogP) is 3.89. The number of para-hydroxylation sites is 1. The summed E-state index contributed by atoms with van der Waals surface area (Å²) in [4.78, 5) is 10.3. The third-order valence-electron chi connectivity index (χ3n) is 4.95. The Kier molecular flexibility index (Phi) is 6.66. The van der Waals surface area contributed by atoms with Gasteiger partial charge in [0.25, 0.3) is 6.43 Å². The van der Waals surface area contributed by atoms with E-state index in [2.05, 4.69) is 20.2 Å². The summed E-state index contributed by atoms with van der Waals surface area (Å²) in [6.07, 6.45) is -2.72. The van der Waals surface area contributed by atoms with Gasteiger partial charge in [0.1, 0.15) is 18.2 Å². The second-order valence-electron chi connectivity index (χ2n) is 7.05. The molecule has 2 heterocycles. The van der Waals surface area contributed by atoms with E-state index in [1.165, 1.54) is 0 Å². The number of ether oxygens (including phenoxy) is 2. The van der Waals surface area contributed by atoms with E-state index in [0.29, 0.717) is 29.9 Å². The van der Waals surface area contributed by atoms with Crippen molar-refractivity contribution in [2.75, 3.05) is 44.8 Å². The number of benzene rings is 2. The van der Waals surface area contributed by atoms with Crippen LogP contribution in [-0.2, 0) is 11.3 Å². The molecule has 1 aromatic heterocycles. The van der Waals surface area contributed by atoms with Crippen LogP contribution in [0.3, 0.4) is 0 Å². The van der Waals surface area contributed by atoms with Crippen molar-refractivity contribution >= 4 is 16.7 Å². The van der Waals surface area contributed by atoms with Crippen molar-refractivity contribution in [1.82, 2.24) is 14.9 Å². The standard InChI is InChI=1S/C22H24F2N4O2/c23-20(24)22-26-19-7-2-1-6-18(19)21(27-22)25-15-16-4-3-5-17(14-16)30-13-10-28-8-11-29-12-9-28/h1-7,14,20H,8-13,15H2,(H,25,26,27). The maximum atomic E-state index is 13.2. The maximum Gasteiger partial charge on any atom is 0.297 e. The summed E-state index contributed by atoms with van der Waals surface area (Å²) in [5.41, 5.74) is 1.46. The fourth-order valence-corrected chi connectivity index (χ4v) is 3.38. The highest BCUT2D eigenvalue weighted by Gasteiger charge is 2.15. The summed E-state index contributed by atoms with van der Waals surface area (Å²) >= 11 is 0. The molecule has 4 rings (SSSR count). The average Bonchev–Trinajstić information content (AvgIpc) is 2.78. The summed E-state index contributed by atoms with van der Waals surface area (Å²) in [6.45, 7) is 5.30. The first kappa shape index (κ1) is 20.4. The minimum atomic E-state index is -2.72. The average molecular weight is 414 g/mol. The molecule has 0 spiro atoms. The monoisotopic (exact) mass is 414 g/mol. The number of rotatable bonds is 8. The van der Waals surface area contributed by atoms with Crippen molar-refractivity contribution in [2.45, 2.75) is 13.0 Å². The van der Waals surface area contributed by atoms with Crippen LogP contribution in [0.4, 0.5) is 14.6 Å². The van der Waals surface area contributed by atoms with Crippen LogP contribution in [0.2, 0.25) is 0 Å². The van der Waals surface area contributed by atoms with Crippen LogP contribution >= 0.6 is 0 Å². The Morgan fingerprint density at radius 1 is 1.07 bits per heavy atom. The van der Waals surface area contributed by atoms with Gasteiger partial charge in [-0.15, -0.1) is 0 Å². The van der Waals surface area contributed by atoms with E-state index in [-0.39, 0.29) is 0 Å². The molecule has 1 fully saturated rings. The van der Waals surface area contributed by atoms with Crippen LogP contribution in [0.1, 0.15) is 17.8 Å². The fraction of sp³-hybridized carbons (Fsp3) is 0.364. The molecule has 0 saturated carbocycles. The van der Waals surface area contributed by atoms with Crippen LogP contribution in [-0.4, -0.2) is 54.3 Å². The van der Waals surface area contributed by atoms with Gasteiger partial charge in [-0.1, -0.05) is 24.3 Å². The molecule has 0 amide bonds. The van der Waals surface area contributed by atoms with Crippen molar-refractivity contribution < 1.29 is 18.3 Å². The van der Waals surface area contributed by atoms with Crippen molar-refractivity contribution in [1.29, 1.82) is 0 Å². The Balaban J connectivity index is 1.40. The molecule has 0 radical (unpaired) electrons. The van der Waals surface area contributed by atoms with E-state index in [4.69, 9.17) is 9.47 Å². The summed E-state index contributed by atoms with van der Waals surface area (Å²) in [6, 6.07) is 14.9. The lowest BCUT2D eigenvalue weighted by Crippen LogP contribution is -2.38. The zero-order chi connectivity index (χ0) is 20.8. The van der Waals surface area contributed by atoms with E-state index >= 15 is 0 Å². The van der Waals surface area contributed by atoms with E-state index in [9.17, 15) is 8.78 Å². The SMILES string of the molecule is FC(F)c1nc(NCc2cccc(OCCN3CCOCC3)c2)c2ccccc2n1. The van der Waals surface area contributed by atoms with Crippen molar-refractivity contribution in [3.05, 3.63) is 59.9 Å². The summed E-state index contributed by atoms with van der Waals surface area (Å²) in [5.74, 6) is 0.703. The number of hydrogen-bond donors (Lipinski definition) is 1. The predicted molar refractivity (Wildman–Crippen MR) is 111 cm³/mol. The Bertz CT molecular complexity index is 980. The summed E-state index contributed by atoms with van der Waals surface area (Å²) in [5, 5.41) is 3.88. The Morgan fingerprint density at radius 3 is 2.73 bits per heavy atom. The molecule has 0 unspecified atom stereocenters. The first-order valence-corrected chi connectivity index (χ1v) is 9.99. The molecule has 8 heteroatoms. The van der Waals surface area contributed by atoms with Crippen molar-refractivity contribution in [3.63, 3.8) is 0 Å². The highest BCUT2D eigenvalue weighted by Crippen LogP contribution is 2.25. The van der Waals surface area contributed by atoms with Gasteiger partial charge in [0.05, 0.1) is 18.7 Å². The molecule has 2 aromatic carbocycles. The maximum absolute atomic E-state index is 13.2. The quantitative estimate of drug-likeness (QED) is 0.604. The summed E-state index contributed by atoms with van der Waals surface area (Å²) < 4.78 is 37.6. The number of morpholine rings is 1. The van der Waals surface area contributed by atoms with E-state index in [1.807, 2.05) is 36.4 Å². The first-order chi connectivity index (χ1) is 14.7. The molecule has 1 saturated heterocycles. The van der Waals surface area contributed by atoms with Crippen molar-refractivity contribution in [2.24, 2.45) is 0 Å². The molecule has 0 bridgehead atoms. The first-order valence-electron chi connectivity index (χ1n) is 9.99. The van der Waals surface area contributed by atoms with Crippen LogP contribution in [0, 0.1) is 0 Å². The molecule has 3 aromatic rings. The van der Waals surface area contributed by atoms with Crippen molar-refractivity contribution in [3.8, 4) is 5.75 Å². The van der Waals surface area contributed by atoms with Gasteiger partial charge in [0.2, 0.25) is 0 Å². The van der Waals surface area contributed by atoms with Crippen LogP contribution in [0.5, 0.6) is 5.75 Å². The number of alkyl halides is 2. The largest absolute Gasteiger partial charge is 0.492 e. The van der Waals surface area contributed by atoms with Gasteiger partial charge < -0.3 is 14.8 Å². The van der Waals surface area contributed by atoms with E-state index in [1.54, 1.807) is 12.1 Å². The number of anilines is 1. The van der Waals surface area contributed by atoms with E-state index in [0.717, 1.165) is 44.2 Å². The Hall–Kier alpha value is -2.84. The number of nitrogens with one attached hydrogen (secondary N) is 1. The normalized spacial score (nSPS) is 14.9. The molecular weight excluding hydrogens is 390 g/mol. The van der Waals surface area contributed by atoms with Gasteiger partial charge in [-0.3, -0.25) is 4.90 Å². The minimum Gasteiger partial charge on any atom is -0.492 e. The second-order valence-corrected chi connectivity index (χ2v) is 7.05. The fourth-order valence-electron chi connectivity index (χ4n) is 3.38. The molecule has 1 aliphatic rings. The highest BCUT2D eigenvalue weighted by molar-refractivity contribution is 5.89. The third kappa shape index (κ3) is 5.20. The zero-order valence-corrected chi connectivity index (χ0v) is 16.6. The van der Waals surface area contributed by atoms with Crippen LogP contribution < -0.4 is 10.1 Å². The van der Waals surface area contributed by atoms with Gasteiger partial charge in [0, 0.05) is 31.6 Å². The lowest BCUT2D eigenvalue weighted by Gasteiger charge is -2.26. The molecular formula is C22H24F2N4O2. The number of fused-ring (bicyclic) bond motifs is 1. The number of aromatic nitrogens is 2. The van der Waals surface area contributed by atoms with Gasteiger partial charge in [-0.05, 0) is 29.8 Å². The van der Waals surface area contributed by atoms with E-state index < -0.39 is 12.2 Å². The molecule has 1 N–H and O–H groups in total. The molecule has 30 heavy (non-hydrogen) atoms. The van der Waals surface area contributed by atoms with Gasteiger partial charge in [-0.25, -0.2) is 18.7 Å². The Morgan fingerprint density at radius 2 is 1.90 bits per heavy atom. The Labute approximate surface area is 173 Å². The molecule has 1 aliphatic heterocycles. The molecule has 6 nitrogen and oxygen atoms in total. The van der Waals surface area contributed by atoms with Crippen LogP contribution in [0.15, 0.2) is 48.5 Å². The molecule has 0 aliphatic carbocycles. The molecule has 0 atom stereocenters. The number of hydrogen-bond acceptors (Lipinski definition) is 6. The minimum absolute atomic E-state index is 0.398. The zero-order valence-electron chi connectivity index (χ0n) is 16.6. The van der Waals surface area contributed by atoms with Gasteiger partial charge >= 0.3 is 0 Å². The number of nitrogens with zero attached hydrogens (tertiary/aromatic N) is 3. The highest BCUT2D eigenvalue weighted by atomic mass is 19.3. The molecule has 158 valence electrons. The third-order valence-corrected chi connectivity index (χ3v) is 4.95. The summed E-state index contributed by atoms with van der Waals surface area (Å²) in [7, 11) is 0. The number of halogens is 2. The van der Waals surface area contributed by atoms with Gasteiger partial charge in [-0.2, -0.15) is 0 Å². The lowest BCUT2D eigenvalue weighted by atomic mass is 10.2. The second kappa shape index (κ2) is 9.77. The van der Waals surface area contributed by atoms with Gasteiger partial charge in [0.15, 0.2) is 5.82 Å². The topological polar surface area (TPSA) is 59.5 Å². The smallest absolute Gasteiger partial charge is 0.297 e.